The lowest BCUT2D eigenvalue weighted by Crippen LogP contribution is -2.04. The lowest BCUT2D eigenvalue weighted by molar-refractivity contribution is 0.282. The van der Waals surface area contributed by atoms with Crippen LogP contribution in [0.2, 0.25) is 0 Å². The van der Waals surface area contributed by atoms with Gasteiger partial charge in [0.05, 0.1) is 13.2 Å². The molecular weight excluding hydrogens is 228 g/mol. The van der Waals surface area contributed by atoms with Crippen LogP contribution in [0.5, 0.6) is 0 Å². The minimum atomic E-state index is 0.0738. The molecule has 0 aliphatic carbocycles. The van der Waals surface area contributed by atoms with E-state index in [0.717, 1.165) is 22.3 Å². The van der Waals surface area contributed by atoms with Crippen molar-refractivity contribution >= 4 is 10.9 Å². The summed E-state index contributed by atoms with van der Waals surface area (Å²) < 4.78 is 4.04. The quantitative estimate of drug-likeness (QED) is 0.753. The Bertz CT molecular complexity index is 683. The number of hydrogen-bond donors (Lipinski definition) is 1. The van der Waals surface area contributed by atoms with E-state index >= 15 is 0 Å². The van der Waals surface area contributed by atoms with E-state index in [2.05, 4.69) is 14.8 Å². The predicted molar refractivity (Wildman–Crippen MR) is 68.0 cm³/mol. The van der Waals surface area contributed by atoms with Gasteiger partial charge < -0.3 is 14.2 Å². The number of aryl methyl sites for hydroxylation is 1. The molecule has 2 heterocycles. The zero-order valence-corrected chi connectivity index (χ0v) is 10.1. The van der Waals surface area contributed by atoms with E-state index in [1.54, 1.807) is 6.33 Å². The fraction of sp³-hybridized carbons (Fsp3) is 0.231. The van der Waals surface area contributed by atoms with Crippen LogP contribution in [-0.2, 0) is 20.2 Å². The van der Waals surface area contributed by atoms with E-state index in [-0.39, 0.29) is 6.61 Å². The van der Waals surface area contributed by atoms with Gasteiger partial charge in [-0.05, 0) is 29.1 Å². The van der Waals surface area contributed by atoms with Gasteiger partial charge in [-0.25, -0.2) is 0 Å². The first-order valence-electron chi connectivity index (χ1n) is 5.79. The molecule has 0 saturated carbocycles. The van der Waals surface area contributed by atoms with E-state index in [1.807, 2.05) is 42.1 Å². The normalized spacial score (nSPS) is 11.2. The number of hydrogen-bond acceptors (Lipinski definition) is 3. The number of aromatic nitrogens is 4. The molecule has 0 atom stereocenters. The highest BCUT2D eigenvalue weighted by atomic mass is 16.3. The Labute approximate surface area is 104 Å². The summed E-state index contributed by atoms with van der Waals surface area (Å²) in [6, 6.07) is 8.01. The van der Waals surface area contributed by atoms with Crippen LogP contribution in [-0.4, -0.2) is 24.4 Å². The third-order valence-corrected chi connectivity index (χ3v) is 3.13. The fourth-order valence-corrected chi connectivity index (χ4v) is 2.09. The molecule has 1 N–H and O–H groups in total. The number of rotatable bonds is 3. The van der Waals surface area contributed by atoms with Crippen molar-refractivity contribution in [3.63, 3.8) is 0 Å². The largest absolute Gasteiger partial charge is 0.392 e. The predicted octanol–water partition coefficient (Wildman–Crippen LogP) is 1.31. The van der Waals surface area contributed by atoms with E-state index < -0.39 is 0 Å². The molecule has 2 aromatic heterocycles. The van der Waals surface area contributed by atoms with Gasteiger partial charge in [0.1, 0.15) is 6.33 Å². The minimum absolute atomic E-state index is 0.0738. The summed E-state index contributed by atoms with van der Waals surface area (Å²) >= 11 is 0. The Hall–Kier alpha value is -2.14. The lowest BCUT2D eigenvalue weighted by atomic mass is 10.2. The van der Waals surface area contributed by atoms with Crippen LogP contribution in [0, 0.1) is 0 Å². The Balaban J connectivity index is 2.00. The van der Waals surface area contributed by atoms with Crippen molar-refractivity contribution in [2.24, 2.45) is 7.05 Å². The van der Waals surface area contributed by atoms with Crippen LogP contribution in [0.4, 0.5) is 0 Å². The van der Waals surface area contributed by atoms with Gasteiger partial charge in [-0.15, -0.1) is 10.2 Å². The number of aliphatic hydroxyl groups excluding tert-OH is 1. The number of aliphatic hydroxyl groups is 1. The van der Waals surface area contributed by atoms with Gasteiger partial charge >= 0.3 is 0 Å². The highest BCUT2D eigenvalue weighted by Gasteiger charge is 2.06. The molecule has 0 aliphatic rings. The summed E-state index contributed by atoms with van der Waals surface area (Å²) in [5.41, 5.74) is 2.06. The van der Waals surface area contributed by atoms with Gasteiger partial charge in [-0.2, -0.15) is 0 Å². The first kappa shape index (κ1) is 11.0. The molecule has 0 amide bonds. The van der Waals surface area contributed by atoms with Crippen molar-refractivity contribution in [1.29, 1.82) is 0 Å². The lowest BCUT2D eigenvalue weighted by Gasteiger charge is -2.05. The highest BCUT2D eigenvalue weighted by Crippen LogP contribution is 2.18. The van der Waals surface area contributed by atoms with Gasteiger partial charge in [0.25, 0.3) is 0 Å². The van der Waals surface area contributed by atoms with Crippen LogP contribution in [0.1, 0.15) is 11.4 Å². The molecule has 3 aromatic rings. The van der Waals surface area contributed by atoms with Crippen molar-refractivity contribution in [2.75, 3.05) is 0 Å². The van der Waals surface area contributed by atoms with Crippen LogP contribution >= 0.6 is 0 Å². The SMILES string of the molecule is Cn1cnnc1Cn1ccc2cc(CO)ccc21. The fourth-order valence-electron chi connectivity index (χ4n) is 2.09. The number of nitrogens with zero attached hydrogens (tertiary/aromatic N) is 4. The smallest absolute Gasteiger partial charge is 0.152 e. The Morgan fingerprint density at radius 2 is 2.17 bits per heavy atom. The molecule has 1 aromatic carbocycles. The van der Waals surface area contributed by atoms with Gasteiger partial charge in [0.2, 0.25) is 0 Å². The molecule has 0 bridgehead atoms. The summed E-state index contributed by atoms with van der Waals surface area (Å²) in [6.45, 7) is 0.767. The molecule has 0 fully saturated rings. The molecule has 0 radical (unpaired) electrons. The summed E-state index contributed by atoms with van der Waals surface area (Å²) in [7, 11) is 1.94. The highest BCUT2D eigenvalue weighted by molar-refractivity contribution is 5.80. The molecule has 3 rings (SSSR count). The summed E-state index contributed by atoms with van der Waals surface area (Å²) in [5, 5.41) is 18.2. The zero-order valence-electron chi connectivity index (χ0n) is 10.1. The molecule has 0 saturated heterocycles. The molecule has 0 unspecified atom stereocenters. The summed E-state index contributed by atoms with van der Waals surface area (Å²) in [6.07, 6.45) is 3.73. The Morgan fingerprint density at radius 3 is 2.89 bits per heavy atom. The van der Waals surface area contributed by atoms with Crippen LogP contribution in [0.3, 0.4) is 0 Å². The van der Waals surface area contributed by atoms with Crippen LogP contribution in [0.25, 0.3) is 10.9 Å². The van der Waals surface area contributed by atoms with Gasteiger partial charge in [-0.3, -0.25) is 0 Å². The van der Waals surface area contributed by atoms with Crippen molar-refractivity contribution in [2.45, 2.75) is 13.2 Å². The molecular formula is C13H14N4O. The Kier molecular flexibility index (Phi) is 2.60. The summed E-state index contributed by atoms with van der Waals surface area (Å²) in [5.74, 6) is 0.915. The van der Waals surface area contributed by atoms with Crippen LogP contribution in [0.15, 0.2) is 36.8 Å². The van der Waals surface area contributed by atoms with E-state index in [9.17, 15) is 0 Å². The molecule has 0 spiro atoms. The number of fused-ring (bicyclic) bond motifs is 1. The standard InChI is InChI=1S/C13H14N4O/c1-16-9-14-15-13(16)7-17-5-4-11-6-10(8-18)2-3-12(11)17/h2-6,9,18H,7-8H2,1H3. The van der Waals surface area contributed by atoms with Crippen molar-refractivity contribution in [3.8, 4) is 0 Å². The molecule has 18 heavy (non-hydrogen) atoms. The maximum atomic E-state index is 9.12. The first-order chi connectivity index (χ1) is 8.78. The monoisotopic (exact) mass is 242 g/mol. The second-order valence-corrected chi connectivity index (χ2v) is 4.35. The molecule has 5 heteroatoms. The van der Waals surface area contributed by atoms with E-state index in [4.69, 9.17) is 5.11 Å². The second kappa shape index (κ2) is 4.27. The Morgan fingerprint density at radius 1 is 1.28 bits per heavy atom. The van der Waals surface area contributed by atoms with E-state index in [1.165, 1.54) is 0 Å². The van der Waals surface area contributed by atoms with Crippen LogP contribution < -0.4 is 0 Å². The van der Waals surface area contributed by atoms with Crippen molar-refractivity contribution < 1.29 is 5.11 Å². The second-order valence-electron chi connectivity index (χ2n) is 4.35. The molecule has 0 aliphatic heterocycles. The van der Waals surface area contributed by atoms with Gasteiger partial charge in [0, 0.05) is 18.8 Å². The van der Waals surface area contributed by atoms with Gasteiger partial charge in [-0.1, -0.05) is 6.07 Å². The van der Waals surface area contributed by atoms with E-state index in [0.29, 0.717) is 6.54 Å². The van der Waals surface area contributed by atoms with Crippen molar-refractivity contribution in [3.05, 3.63) is 48.2 Å². The first-order valence-corrected chi connectivity index (χ1v) is 5.79. The van der Waals surface area contributed by atoms with Crippen molar-refractivity contribution in [1.82, 2.24) is 19.3 Å². The third-order valence-electron chi connectivity index (χ3n) is 3.13. The average molecular weight is 242 g/mol. The number of benzene rings is 1. The topological polar surface area (TPSA) is 55.9 Å². The average Bonchev–Trinajstić information content (AvgIpc) is 2.97. The maximum absolute atomic E-state index is 9.12. The maximum Gasteiger partial charge on any atom is 0.152 e. The summed E-state index contributed by atoms with van der Waals surface area (Å²) in [4.78, 5) is 0. The minimum Gasteiger partial charge on any atom is -0.392 e. The third kappa shape index (κ3) is 1.78. The van der Waals surface area contributed by atoms with Gasteiger partial charge in [0.15, 0.2) is 5.82 Å². The molecule has 92 valence electrons. The zero-order chi connectivity index (χ0) is 12.5. The molecule has 5 nitrogen and oxygen atoms in total.